The van der Waals surface area contributed by atoms with Crippen LogP contribution < -0.4 is 5.73 Å². The minimum atomic E-state index is 0.0810. The van der Waals surface area contributed by atoms with Crippen molar-refractivity contribution in [3.8, 4) is 0 Å². The summed E-state index contributed by atoms with van der Waals surface area (Å²) in [5.41, 5.74) is 8.83. The maximum Gasteiger partial charge on any atom is 0.196 e. The van der Waals surface area contributed by atoms with Crippen molar-refractivity contribution in [3.63, 3.8) is 0 Å². The van der Waals surface area contributed by atoms with Gasteiger partial charge in [-0.05, 0) is 31.2 Å². The SMILES string of the molecule is Nc1sc2c(c1C(=O)c1ccccc1)CCCCC2. The summed E-state index contributed by atoms with van der Waals surface area (Å²) >= 11 is 1.61. The lowest BCUT2D eigenvalue weighted by atomic mass is 9.98. The Morgan fingerprint density at radius 1 is 1.05 bits per heavy atom. The summed E-state index contributed by atoms with van der Waals surface area (Å²) < 4.78 is 0. The first kappa shape index (κ1) is 12.4. The van der Waals surface area contributed by atoms with Gasteiger partial charge in [-0.3, -0.25) is 4.79 Å². The number of rotatable bonds is 2. The van der Waals surface area contributed by atoms with Gasteiger partial charge in [0.05, 0.1) is 10.6 Å². The Morgan fingerprint density at radius 3 is 2.58 bits per heavy atom. The number of thiophene rings is 1. The van der Waals surface area contributed by atoms with E-state index in [0.29, 0.717) is 5.00 Å². The smallest absolute Gasteiger partial charge is 0.196 e. The number of carbonyl (C=O) groups excluding carboxylic acids is 1. The molecule has 0 spiro atoms. The first-order valence-corrected chi connectivity index (χ1v) is 7.59. The predicted molar refractivity (Wildman–Crippen MR) is 79.9 cm³/mol. The number of hydrogen-bond acceptors (Lipinski definition) is 3. The highest BCUT2D eigenvalue weighted by Crippen LogP contribution is 2.36. The van der Waals surface area contributed by atoms with Crippen LogP contribution in [-0.4, -0.2) is 5.78 Å². The van der Waals surface area contributed by atoms with Crippen LogP contribution in [0.2, 0.25) is 0 Å². The van der Waals surface area contributed by atoms with E-state index in [-0.39, 0.29) is 5.78 Å². The van der Waals surface area contributed by atoms with Crippen LogP contribution >= 0.6 is 11.3 Å². The first-order chi connectivity index (χ1) is 9.27. The van der Waals surface area contributed by atoms with Gasteiger partial charge in [0.2, 0.25) is 0 Å². The molecule has 19 heavy (non-hydrogen) atoms. The molecule has 1 aromatic carbocycles. The fourth-order valence-corrected chi connectivity index (χ4v) is 3.90. The molecule has 1 aromatic heterocycles. The molecule has 1 heterocycles. The summed E-state index contributed by atoms with van der Waals surface area (Å²) in [6.07, 6.45) is 5.70. The third kappa shape index (κ3) is 2.30. The Hall–Kier alpha value is -1.61. The molecule has 1 aliphatic carbocycles. The van der Waals surface area contributed by atoms with E-state index in [4.69, 9.17) is 5.73 Å². The van der Waals surface area contributed by atoms with Crippen LogP contribution in [0.3, 0.4) is 0 Å². The summed E-state index contributed by atoms with van der Waals surface area (Å²) in [7, 11) is 0. The van der Waals surface area contributed by atoms with Crippen molar-refractivity contribution in [3.05, 3.63) is 51.9 Å². The predicted octanol–water partition coefficient (Wildman–Crippen LogP) is 3.83. The molecule has 98 valence electrons. The Labute approximate surface area is 117 Å². The molecule has 0 unspecified atom stereocenters. The van der Waals surface area contributed by atoms with Crippen LogP contribution in [0.15, 0.2) is 30.3 Å². The number of carbonyl (C=O) groups is 1. The fourth-order valence-electron chi connectivity index (χ4n) is 2.75. The topological polar surface area (TPSA) is 43.1 Å². The van der Waals surface area contributed by atoms with Gasteiger partial charge in [0, 0.05) is 10.4 Å². The largest absolute Gasteiger partial charge is 0.390 e. The lowest BCUT2D eigenvalue weighted by Crippen LogP contribution is -2.06. The number of nitrogens with two attached hydrogens (primary N) is 1. The maximum absolute atomic E-state index is 12.6. The molecule has 0 fully saturated rings. The summed E-state index contributed by atoms with van der Waals surface area (Å²) in [6.45, 7) is 0. The van der Waals surface area contributed by atoms with Gasteiger partial charge in [0.25, 0.3) is 0 Å². The van der Waals surface area contributed by atoms with Crippen LogP contribution in [-0.2, 0) is 12.8 Å². The average Bonchev–Trinajstić information content (AvgIpc) is 2.61. The Balaban J connectivity index is 2.05. The second-order valence-electron chi connectivity index (χ2n) is 5.00. The van der Waals surface area contributed by atoms with Gasteiger partial charge in [-0.25, -0.2) is 0 Å². The molecular weight excluding hydrogens is 254 g/mol. The molecule has 0 aliphatic heterocycles. The van der Waals surface area contributed by atoms with E-state index in [2.05, 4.69) is 0 Å². The number of fused-ring (bicyclic) bond motifs is 1. The summed E-state index contributed by atoms with van der Waals surface area (Å²) in [6, 6.07) is 9.45. The highest BCUT2D eigenvalue weighted by Gasteiger charge is 2.23. The van der Waals surface area contributed by atoms with Crippen LogP contribution in [0.4, 0.5) is 5.00 Å². The van der Waals surface area contributed by atoms with Gasteiger partial charge in [0.15, 0.2) is 5.78 Å². The molecule has 0 amide bonds. The number of ketones is 1. The van der Waals surface area contributed by atoms with E-state index < -0.39 is 0 Å². The molecule has 1 aliphatic rings. The first-order valence-electron chi connectivity index (χ1n) is 6.77. The fraction of sp³-hybridized carbons (Fsp3) is 0.312. The van der Waals surface area contributed by atoms with Crippen molar-refractivity contribution in [2.45, 2.75) is 32.1 Å². The molecule has 0 radical (unpaired) electrons. The van der Waals surface area contributed by atoms with Crippen LogP contribution in [0.5, 0.6) is 0 Å². The molecule has 2 aromatic rings. The molecule has 2 nitrogen and oxygen atoms in total. The Morgan fingerprint density at radius 2 is 1.79 bits per heavy atom. The van der Waals surface area contributed by atoms with Gasteiger partial charge in [-0.15, -0.1) is 11.3 Å². The zero-order valence-electron chi connectivity index (χ0n) is 10.8. The van der Waals surface area contributed by atoms with Crippen molar-refractivity contribution in [1.82, 2.24) is 0 Å². The van der Waals surface area contributed by atoms with Gasteiger partial charge in [-0.2, -0.15) is 0 Å². The van der Waals surface area contributed by atoms with Crippen molar-refractivity contribution in [2.75, 3.05) is 5.73 Å². The molecule has 0 saturated carbocycles. The molecule has 2 N–H and O–H groups in total. The van der Waals surface area contributed by atoms with Crippen LogP contribution in [0, 0.1) is 0 Å². The van der Waals surface area contributed by atoms with Gasteiger partial charge in [-0.1, -0.05) is 36.8 Å². The highest BCUT2D eigenvalue weighted by atomic mass is 32.1. The zero-order valence-corrected chi connectivity index (χ0v) is 11.6. The molecule has 3 rings (SSSR count). The van der Waals surface area contributed by atoms with Crippen molar-refractivity contribution in [1.29, 1.82) is 0 Å². The number of anilines is 1. The number of hydrogen-bond donors (Lipinski definition) is 1. The van der Waals surface area contributed by atoms with E-state index in [1.54, 1.807) is 11.3 Å². The van der Waals surface area contributed by atoms with Gasteiger partial charge < -0.3 is 5.73 Å². The summed E-state index contributed by atoms with van der Waals surface area (Å²) in [4.78, 5) is 14.0. The van der Waals surface area contributed by atoms with Crippen molar-refractivity contribution in [2.24, 2.45) is 0 Å². The van der Waals surface area contributed by atoms with E-state index in [1.165, 1.54) is 23.3 Å². The highest BCUT2D eigenvalue weighted by molar-refractivity contribution is 7.16. The second kappa shape index (κ2) is 5.17. The van der Waals surface area contributed by atoms with E-state index >= 15 is 0 Å². The van der Waals surface area contributed by atoms with Crippen molar-refractivity contribution >= 4 is 22.1 Å². The average molecular weight is 271 g/mol. The normalized spacial score (nSPS) is 14.7. The van der Waals surface area contributed by atoms with Crippen molar-refractivity contribution < 1.29 is 4.79 Å². The molecule has 0 atom stereocenters. The number of aryl methyl sites for hydroxylation is 1. The monoisotopic (exact) mass is 271 g/mol. The van der Waals surface area contributed by atoms with E-state index in [0.717, 1.165) is 30.4 Å². The lowest BCUT2D eigenvalue weighted by Gasteiger charge is -2.05. The van der Waals surface area contributed by atoms with E-state index in [1.807, 2.05) is 30.3 Å². The number of benzene rings is 1. The Bertz CT molecular complexity index is 601. The molecule has 0 saturated heterocycles. The standard InChI is InChI=1S/C16H17NOS/c17-16-14(15(18)11-7-3-1-4-8-11)12-9-5-2-6-10-13(12)19-16/h1,3-4,7-8H,2,5-6,9-10,17H2. The number of nitrogen functional groups attached to an aromatic ring is 1. The second-order valence-corrected chi connectivity index (χ2v) is 6.14. The van der Waals surface area contributed by atoms with Gasteiger partial charge >= 0.3 is 0 Å². The quantitative estimate of drug-likeness (QED) is 0.666. The molecule has 3 heteroatoms. The Kier molecular flexibility index (Phi) is 3.38. The van der Waals surface area contributed by atoms with E-state index in [9.17, 15) is 4.79 Å². The third-order valence-corrected chi connectivity index (χ3v) is 4.83. The van der Waals surface area contributed by atoms with Gasteiger partial charge in [0.1, 0.15) is 0 Å². The lowest BCUT2D eigenvalue weighted by molar-refractivity contribution is 0.103. The minimum Gasteiger partial charge on any atom is -0.390 e. The summed E-state index contributed by atoms with van der Waals surface area (Å²) in [5, 5.41) is 0.695. The van der Waals surface area contributed by atoms with Crippen LogP contribution in [0.25, 0.3) is 0 Å². The summed E-state index contributed by atoms with van der Waals surface area (Å²) in [5.74, 6) is 0.0810. The third-order valence-electron chi connectivity index (χ3n) is 3.71. The zero-order chi connectivity index (χ0) is 13.2. The van der Waals surface area contributed by atoms with Crippen LogP contribution in [0.1, 0.15) is 45.6 Å². The minimum absolute atomic E-state index is 0.0810. The molecular formula is C16H17NOS. The maximum atomic E-state index is 12.6. The molecule has 0 bridgehead atoms.